The summed E-state index contributed by atoms with van der Waals surface area (Å²) in [5, 5.41) is 11.9. The van der Waals surface area contributed by atoms with Crippen LogP contribution in [0.1, 0.15) is 31.5 Å². The third kappa shape index (κ3) is 4.50. The first kappa shape index (κ1) is 17.6. The van der Waals surface area contributed by atoms with Gasteiger partial charge < -0.3 is 10.0 Å². The molecule has 1 heterocycles. The van der Waals surface area contributed by atoms with E-state index in [1.54, 1.807) is 27.9 Å². The number of likely N-dealkylation sites (N-methyl/N-ethyl adjacent to an activating group) is 2. The van der Waals surface area contributed by atoms with E-state index < -0.39 is 11.5 Å². The lowest BCUT2D eigenvalue weighted by Gasteiger charge is -2.33. The molecule has 1 aromatic rings. The molecule has 1 aromatic heterocycles. The van der Waals surface area contributed by atoms with Crippen molar-refractivity contribution in [2.24, 2.45) is 0 Å². The van der Waals surface area contributed by atoms with Gasteiger partial charge in [-0.3, -0.25) is 14.5 Å². The van der Waals surface area contributed by atoms with Crippen molar-refractivity contribution in [2.45, 2.75) is 39.3 Å². The van der Waals surface area contributed by atoms with Gasteiger partial charge in [-0.2, -0.15) is 0 Å². The number of nitrogens with zero attached hydrogens (tertiary/aromatic N) is 3. The van der Waals surface area contributed by atoms with Gasteiger partial charge in [-0.05, 0) is 20.4 Å². The van der Waals surface area contributed by atoms with Gasteiger partial charge in [-0.1, -0.05) is 6.92 Å². The molecule has 0 aliphatic rings. The van der Waals surface area contributed by atoms with Crippen LogP contribution in [0.4, 0.5) is 0 Å². The number of hydrogen-bond donors (Lipinski definition) is 1. The molecule has 0 fully saturated rings. The second-order valence-electron chi connectivity index (χ2n) is 5.58. The Morgan fingerprint density at radius 1 is 1.38 bits per heavy atom. The Balaban J connectivity index is 2.77. The van der Waals surface area contributed by atoms with Crippen LogP contribution in [-0.2, 0) is 22.6 Å². The van der Waals surface area contributed by atoms with Crippen LogP contribution in [0.5, 0.6) is 0 Å². The fraction of sp³-hybridized carbons (Fsp3) is 0.643. The molecule has 118 valence electrons. The van der Waals surface area contributed by atoms with E-state index in [0.717, 1.165) is 10.7 Å². The maximum absolute atomic E-state index is 11.7. The quantitative estimate of drug-likeness (QED) is 0.825. The second-order valence-corrected chi connectivity index (χ2v) is 6.52. The lowest BCUT2D eigenvalue weighted by Crippen LogP contribution is -2.49. The highest BCUT2D eigenvalue weighted by molar-refractivity contribution is 7.09. The normalized spacial score (nSPS) is 11.7. The maximum Gasteiger partial charge on any atom is 0.323 e. The van der Waals surface area contributed by atoms with E-state index in [9.17, 15) is 14.7 Å². The number of carbonyl (C=O) groups is 2. The van der Waals surface area contributed by atoms with Crippen LogP contribution in [0.2, 0.25) is 0 Å². The summed E-state index contributed by atoms with van der Waals surface area (Å²) in [6.45, 7) is 6.36. The summed E-state index contributed by atoms with van der Waals surface area (Å²) in [4.78, 5) is 30.8. The van der Waals surface area contributed by atoms with Gasteiger partial charge in [0.05, 0.1) is 12.1 Å². The monoisotopic (exact) mass is 313 g/mol. The number of aliphatic carboxylic acids is 1. The summed E-state index contributed by atoms with van der Waals surface area (Å²) in [6, 6.07) is 0. The van der Waals surface area contributed by atoms with E-state index in [-0.39, 0.29) is 12.3 Å². The number of rotatable bonds is 7. The number of aromatic nitrogens is 1. The standard InChI is InChI=1S/C14H23N3O3S/c1-6-17(14(2,3)13(19)20)8-10-9-21-11(15-10)7-12(18)16(4)5/h9H,6-8H2,1-5H3,(H,19,20). The molecule has 0 radical (unpaired) electrons. The van der Waals surface area contributed by atoms with Gasteiger partial charge in [0, 0.05) is 26.0 Å². The largest absolute Gasteiger partial charge is 0.480 e. The molecule has 0 unspecified atom stereocenters. The number of amides is 1. The van der Waals surface area contributed by atoms with Gasteiger partial charge in [-0.25, -0.2) is 4.98 Å². The van der Waals surface area contributed by atoms with Crippen molar-refractivity contribution in [3.63, 3.8) is 0 Å². The lowest BCUT2D eigenvalue weighted by molar-refractivity contribution is -0.149. The Hall–Kier alpha value is -1.47. The van der Waals surface area contributed by atoms with E-state index in [4.69, 9.17) is 0 Å². The van der Waals surface area contributed by atoms with Gasteiger partial charge in [0.15, 0.2) is 0 Å². The van der Waals surface area contributed by atoms with Gasteiger partial charge >= 0.3 is 5.97 Å². The van der Waals surface area contributed by atoms with E-state index in [1.165, 1.54) is 16.2 Å². The molecule has 0 aliphatic carbocycles. The Morgan fingerprint density at radius 3 is 2.48 bits per heavy atom. The molecule has 0 saturated heterocycles. The molecule has 1 N–H and O–H groups in total. The van der Waals surface area contributed by atoms with E-state index in [1.807, 2.05) is 17.2 Å². The van der Waals surface area contributed by atoms with Crippen LogP contribution < -0.4 is 0 Å². The highest BCUT2D eigenvalue weighted by atomic mass is 32.1. The zero-order chi connectivity index (χ0) is 16.2. The number of carbonyl (C=O) groups excluding carboxylic acids is 1. The molecule has 21 heavy (non-hydrogen) atoms. The number of thiazole rings is 1. The first-order valence-corrected chi connectivity index (χ1v) is 7.68. The Labute approximate surface area is 129 Å². The number of carboxylic acids is 1. The first-order valence-electron chi connectivity index (χ1n) is 6.80. The van der Waals surface area contributed by atoms with Gasteiger partial charge in [0.25, 0.3) is 0 Å². The maximum atomic E-state index is 11.7. The highest BCUT2D eigenvalue weighted by Crippen LogP contribution is 2.19. The summed E-state index contributed by atoms with van der Waals surface area (Å²) in [7, 11) is 3.43. The third-order valence-corrected chi connectivity index (χ3v) is 4.35. The van der Waals surface area contributed by atoms with Crippen molar-refractivity contribution >= 4 is 23.2 Å². The highest BCUT2D eigenvalue weighted by Gasteiger charge is 2.33. The summed E-state index contributed by atoms with van der Waals surface area (Å²) in [6.07, 6.45) is 0.284. The van der Waals surface area contributed by atoms with Crippen LogP contribution in [-0.4, -0.2) is 57.9 Å². The van der Waals surface area contributed by atoms with Crippen molar-refractivity contribution in [3.05, 3.63) is 16.1 Å². The summed E-state index contributed by atoms with van der Waals surface area (Å²) >= 11 is 1.43. The average Bonchev–Trinajstić information content (AvgIpc) is 2.82. The molecular weight excluding hydrogens is 290 g/mol. The van der Waals surface area contributed by atoms with Crippen molar-refractivity contribution < 1.29 is 14.7 Å². The zero-order valence-corrected chi connectivity index (χ0v) is 14.0. The van der Waals surface area contributed by atoms with Gasteiger partial charge in [0.1, 0.15) is 10.5 Å². The molecule has 0 aromatic carbocycles. The summed E-state index contributed by atoms with van der Waals surface area (Å²) < 4.78 is 0. The minimum Gasteiger partial charge on any atom is -0.480 e. The molecule has 7 heteroatoms. The third-order valence-electron chi connectivity index (χ3n) is 3.45. The van der Waals surface area contributed by atoms with E-state index in [2.05, 4.69) is 4.98 Å². The fourth-order valence-electron chi connectivity index (χ4n) is 1.83. The minimum atomic E-state index is -0.946. The Bertz CT molecular complexity index is 511. The van der Waals surface area contributed by atoms with Crippen molar-refractivity contribution in [1.29, 1.82) is 0 Å². The summed E-state index contributed by atoms with van der Waals surface area (Å²) in [5.41, 5.74) is -0.143. The molecule has 1 amide bonds. The predicted octanol–water partition coefficient (Wildman–Crippen LogP) is 1.46. The molecule has 0 saturated carbocycles. The number of carboxylic acid groups (broad SMARTS) is 1. The Morgan fingerprint density at radius 2 is 2.00 bits per heavy atom. The molecule has 0 bridgehead atoms. The SMILES string of the molecule is CCN(Cc1csc(CC(=O)N(C)C)n1)C(C)(C)C(=O)O. The van der Waals surface area contributed by atoms with Gasteiger partial charge in [0.2, 0.25) is 5.91 Å². The molecule has 0 spiro atoms. The molecule has 1 rings (SSSR count). The first-order chi connectivity index (χ1) is 9.68. The van der Waals surface area contributed by atoms with E-state index >= 15 is 0 Å². The van der Waals surface area contributed by atoms with E-state index in [0.29, 0.717) is 13.1 Å². The lowest BCUT2D eigenvalue weighted by atomic mass is 10.0. The van der Waals surface area contributed by atoms with Crippen LogP contribution in [0.3, 0.4) is 0 Å². The van der Waals surface area contributed by atoms with Gasteiger partial charge in [-0.15, -0.1) is 11.3 Å². The minimum absolute atomic E-state index is 0.00844. The predicted molar refractivity (Wildman–Crippen MR) is 82.3 cm³/mol. The average molecular weight is 313 g/mol. The van der Waals surface area contributed by atoms with Crippen LogP contribution in [0.25, 0.3) is 0 Å². The van der Waals surface area contributed by atoms with Crippen LogP contribution >= 0.6 is 11.3 Å². The second kappa shape index (κ2) is 7.00. The molecule has 0 aliphatic heterocycles. The molecule has 6 nitrogen and oxygen atoms in total. The smallest absolute Gasteiger partial charge is 0.323 e. The summed E-state index contributed by atoms with van der Waals surface area (Å²) in [5.74, 6) is -0.850. The Kier molecular flexibility index (Phi) is 5.86. The molecule has 0 atom stereocenters. The van der Waals surface area contributed by atoms with Crippen molar-refractivity contribution in [1.82, 2.24) is 14.8 Å². The van der Waals surface area contributed by atoms with Crippen LogP contribution in [0.15, 0.2) is 5.38 Å². The zero-order valence-electron chi connectivity index (χ0n) is 13.2. The van der Waals surface area contributed by atoms with Crippen molar-refractivity contribution in [2.75, 3.05) is 20.6 Å². The van der Waals surface area contributed by atoms with Crippen molar-refractivity contribution in [3.8, 4) is 0 Å². The topological polar surface area (TPSA) is 73.7 Å². The fourth-order valence-corrected chi connectivity index (χ4v) is 2.60. The van der Waals surface area contributed by atoms with Crippen LogP contribution in [0, 0.1) is 0 Å². The molecular formula is C14H23N3O3S. The number of hydrogen-bond acceptors (Lipinski definition) is 5.